The van der Waals surface area contributed by atoms with Crippen LogP contribution in [-0.4, -0.2) is 54.6 Å². The van der Waals surface area contributed by atoms with E-state index in [0.29, 0.717) is 6.04 Å². The number of benzene rings is 1. The number of fused-ring (bicyclic) bond motifs is 2. The summed E-state index contributed by atoms with van der Waals surface area (Å²) in [4.78, 5) is 22.4. The Balaban J connectivity index is 1.32. The number of carbonyl (C=O) groups excluding carboxylic acids is 1. The van der Waals surface area contributed by atoms with Gasteiger partial charge < -0.3 is 15.1 Å². The number of aromatic nitrogens is 1. The monoisotopic (exact) mass is 384 g/mol. The summed E-state index contributed by atoms with van der Waals surface area (Å²) in [6.07, 6.45) is 7.22. The second kappa shape index (κ2) is 7.06. The number of anilines is 1. The molecule has 2 saturated heterocycles. The quantitative estimate of drug-likeness (QED) is 0.880. The fourth-order valence-electron chi connectivity index (χ4n) is 5.12. The molecule has 1 N–H and O–H groups in total. The summed E-state index contributed by atoms with van der Waals surface area (Å²) in [5.74, 6) is 0.831. The van der Waals surface area contributed by atoms with E-state index in [2.05, 4.69) is 22.2 Å². The summed E-state index contributed by atoms with van der Waals surface area (Å²) >= 11 is 1.73. The Bertz CT molecular complexity index is 844. The molecule has 5 rings (SSSR count). The number of likely N-dealkylation sites (tertiary alicyclic amines) is 1. The van der Waals surface area contributed by atoms with Gasteiger partial charge >= 0.3 is 0 Å². The number of rotatable bonds is 3. The molecule has 0 spiro atoms. The van der Waals surface area contributed by atoms with Crippen molar-refractivity contribution in [2.24, 2.45) is 5.92 Å². The van der Waals surface area contributed by atoms with Crippen LogP contribution in [0.2, 0.25) is 0 Å². The number of piperidine rings is 1. The van der Waals surface area contributed by atoms with Crippen LogP contribution in [0.3, 0.4) is 0 Å². The molecule has 3 aliphatic rings. The lowest BCUT2D eigenvalue weighted by Crippen LogP contribution is -2.44. The lowest BCUT2D eigenvalue weighted by Gasteiger charge is -2.36. The number of hydrogen-bond acceptors (Lipinski definition) is 5. The van der Waals surface area contributed by atoms with Crippen molar-refractivity contribution < 1.29 is 4.79 Å². The van der Waals surface area contributed by atoms with Crippen molar-refractivity contribution >= 4 is 32.6 Å². The highest BCUT2D eigenvalue weighted by Gasteiger charge is 2.37. The number of thiazole rings is 1. The second-order valence-corrected chi connectivity index (χ2v) is 9.47. The van der Waals surface area contributed by atoms with E-state index >= 15 is 0 Å². The van der Waals surface area contributed by atoms with Crippen molar-refractivity contribution in [3.05, 3.63) is 23.8 Å². The number of nitrogens with zero attached hydrogens (tertiary/aromatic N) is 3. The maximum absolute atomic E-state index is 12.6. The van der Waals surface area contributed by atoms with E-state index in [-0.39, 0.29) is 5.91 Å². The number of carbonyl (C=O) groups is 1. The van der Waals surface area contributed by atoms with E-state index in [1.54, 1.807) is 11.3 Å². The molecular formula is C21H28N4OS. The average Bonchev–Trinajstić information content (AvgIpc) is 3.41. The first-order valence-electron chi connectivity index (χ1n) is 10.3. The van der Waals surface area contributed by atoms with E-state index < -0.39 is 0 Å². The molecule has 1 aromatic carbocycles. The minimum Gasteiger partial charge on any atom is -0.349 e. The lowest BCUT2D eigenvalue weighted by molar-refractivity contribution is 0.0938. The molecule has 144 valence electrons. The van der Waals surface area contributed by atoms with Gasteiger partial charge in [-0.3, -0.25) is 4.79 Å². The van der Waals surface area contributed by atoms with Gasteiger partial charge in [0.2, 0.25) is 0 Å². The Kier molecular flexibility index (Phi) is 4.56. The van der Waals surface area contributed by atoms with Crippen molar-refractivity contribution in [2.45, 2.75) is 50.6 Å². The van der Waals surface area contributed by atoms with Crippen LogP contribution in [0.1, 0.15) is 48.9 Å². The predicted octanol–water partition coefficient (Wildman–Crippen LogP) is 3.50. The molecule has 5 nitrogen and oxygen atoms in total. The van der Waals surface area contributed by atoms with Gasteiger partial charge in [-0.05, 0) is 63.4 Å². The maximum atomic E-state index is 12.6. The summed E-state index contributed by atoms with van der Waals surface area (Å²) in [5.41, 5.74) is 1.78. The molecule has 2 aliphatic heterocycles. The minimum atomic E-state index is 0.0635. The van der Waals surface area contributed by atoms with Crippen LogP contribution in [-0.2, 0) is 0 Å². The zero-order valence-corrected chi connectivity index (χ0v) is 16.8. The first-order chi connectivity index (χ1) is 13.2. The van der Waals surface area contributed by atoms with E-state index in [9.17, 15) is 4.79 Å². The first-order valence-corrected chi connectivity index (χ1v) is 11.2. The van der Waals surface area contributed by atoms with Gasteiger partial charge in [-0.1, -0.05) is 24.2 Å². The lowest BCUT2D eigenvalue weighted by atomic mass is 9.93. The van der Waals surface area contributed by atoms with Crippen molar-refractivity contribution in [1.82, 2.24) is 15.2 Å². The highest BCUT2D eigenvalue weighted by molar-refractivity contribution is 7.22. The normalized spacial score (nSPS) is 26.6. The van der Waals surface area contributed by atoms with Gasteiger partial charge in [-0.25, -0.2) is 4.98 Å². The third-order valence-corrected chi connectivity index (χ3v) is 7.79. The molecule has 6 heteroatoms. The molecule has 27 heavy (non-hydrogen) atoms. The number of hydrogen-bond donors (Lipinski definition) is 1. The molecule has 3 heterocycles. The van der Waals surface area contributed by atoms with E-state index in [1.807, 2.05) is 18.2 Å². The van der Waals surface area contributed by atoms with Crippen molar-refractivity contribution in [1.29, 1.82) is 0 Å². The third-order valence-electron chi connectivity index (χ3n) is 6.71. The fraction of sp³-hybridized carbons (Fsp3) is 0.619. The van der Waals surface area contributed by atoms with Gasteiger partial charge in [0.15, 0.2) is 5.13 Å². The smallest absolute Gasteiger partial charge is 0.251 e. The number of nitrogens with one attached hydrogen (secondary N) is 1. The zero-order chi connectivity index (χ0) is 18.4. The van der Waals surface area contributed by atoms with Gasteiger partial charge in [-0.15, -0.1) is 0 Å². The minimum absolute atomic E-state index is 0.0635. The van der Waals surface area contributed by atoms with Gasteiger partial charge in [-0.2, -0.15) is 0 Å². The highest BCUT2D eigenvalue weighted by atomic mass is 32.1. The van der Waals surface area contributed by atoms with E-state index in [4.69, 9.17) is 4.98 Å². The Labute approximate surface area is 164 Å². The molecule has 1 saturated carbocycles. The largest absolute Gasteiger partial charge is 0.349 e. The Morgan fingerprint density at radius 2 is 2.04 bits per heavy atom. The molecule has 1 aliphatic carbocycles. The standard InChI is InChI=1S/C21H28N4OS/c1-24-10-8-15-13-25(11-9-18(15)24)21-23-17-7-6-14(12-19(17)27-21)20(26)22-16-4-2-3-5-16/h6-7,12,15-16,18H,2-5,8-11,13H2,1H3,(H,22,26). The summed E-state index contributed by atoms with van der Waals surface area (Å²) in [6.45, 7) is 3.42. The van der Waals surface area contributed by atoms with Crippen LogP contribution < -0.4 is 10.2 Å². The Morgan fingerprint density at radius 3 is 2.89 bits per heavy atom. The predicted molar refractivity (Wildman–Crippen MR) is 111 cm³/mol. The Morgan fingerprint density at radius 1 is 1.19 bits per heavy atom. The van der Waals surface area contributed by atoms with E-state index in [1.165, 1.54) is 32.2 Å². The summed E-state index contributed by atoms with van der Waals surface area (Å²) < 4.78 is 1.12. The first kappa shape index (κ1) is 17.4. The van der Waals surface area contributed by atoms with Crippen LogP contribution >= 0.6 is 11.3 Å². The molecule has 2 atom stereocenters. The molecule has 0 bridgehead atoms. The zero-order valence-electron chi connectivity index (χ0n) is 16.0. The van der Waals surface area contributed by atoms with Crippen LogP contribution in [0, 0.1) is 5.92 Å². The van der Waals surface area contributed by atoms with Crippen molar-refractivity contribution in [3.8, 4) is 0 Å². The second-order valence-electron chi connectivity index (χ2n) is 8.47. The number of amides is 1. The van der Waals surface area contributed by atoms with Crippen LogP contribution in [0.4, 0.5) is 5.13 Å². The maximum Gasteiger partial charge on any atom is 0.251 e. The summed E-state index contributed by atoms with van der Waals surface area (Å²) in [5, 5.41) is 4.31. The van der Waals surface area contributed by atoms with Crippen LogP contribution in [0.15, 0.2) is 18.2 Å². The van der Waals surface area contributed by atoms with Crippen molar-refractivity contribution in [2.75, 3.05) is 31.6 Å². The fourth-order valence-corrected chi connectivity index (χ4v) is 6.16. The SMILES string of the molecule is CN1CCC2CN(c3nc4ccc(C(=O)NC5CCCC5)cc4s3)CCC21. The van der Waals surface area contributed by atoms with Crippen molar-refractivity contribution in [3.63, 3.8) is 0 Å². The molecule has 1 amide bonds. The van der Waals surface area contributed by atoms with E-state index in [0.717, 1.165) is 58.8 Å². The van der Waals surface area contributed by atoms with Gasteiger partial charge in [0, 0.05) is 30.7 Å². The van der Waals surface area contributed by atoms with Gasteiger partial charge in [0.1, 0.15) is 0 Å². The molecule has 1 aromatic heterocycles. The molecule has 0 radical (unpaired) electrons. The topological polar surface area (TPSA) is 48.5 Å². The molecule has 2 unspecified atom stereocenters. The summed E-state index contributed by atoms with van der Waals surface area (Å²) in [7, 11) is 2.26. The molecule has 2 aromatic rings. The average molecular weight is 385 g/mol. The molecule has 3 fully saturated rings. The van der Waals surface area contributed by atoms with Crippen LogP contribution in [0.25, 0.3) is 10.2 Å². The van der Waals surface area contributed by atoms with Gasteiger partial charge in [0.05, 0.1) is 10.2 Å². The molecular weight excluding hydrogens is 356 g/mol. The highest BCUT2D eigenvalue weighted by Crippen LogP contribution is 2.36. The Hall–Kier alpha value is -1.66. The van der Waals surface area contributed by atoms with Gasteiger partial charge in [0.25, 0.3) is 5.91 Å². The summed E-state index contributed by atoms with van der Waals surface area (Å²) in [6, 6.07) is 7.07. The van der Waals surface area contributed by atoms with Crippen LogP contribution in [0.5, 0.6) is 0 Å². The third kappa shape index (κ3) is 3.34.